The quantitative estimate of drug-likeness (QED) is 0.786. The number of ether oxygens (including phenoxy) is 1. The number of nitrogens with zero attached hydrogens (tertiary/aromatic N) is 1. The fourth-order valence-electron chi connectivity index (χ4n) is 2.29. The molecule has 1 aromatic carbocycles. The third-order valence-electron chi connectivity index (χ3n) is 3.30. The Morgan fingerprint density at radius 3 is 2.29 bits per heavy atom. The van der Waals surface area contributed by atoms with Crippen molar-refractivity contribution in [2.75, 3.05) is 25.2 Å². The third-order valence-corrected chi connectivity index (χ3v) is 4.83. The van der Waals surface area contributed by atoms with Gasteiger partial charge in [-0.2, -0.15) is 4.31 Å². The molecule has 0 spiro atoms. The molecule has 1 aromatic rings. The topological polar surface area (TPSA) is 92.8 Å². The van der Waals surface area contributed by atoms with E-state index in [-0.39, 0.29) is 24.4 Å². The molecule has 0 saturated heterocycles. The number of carbonyl (C=O) groups is 2. The van der Waals surface area contributed by atoms with Gasteiger partial charge in [-0.3, -0.25) is 4.79 Å². The number of carbonyl (C=O) groups excluding carboxylic acids is 2. The molecule has 0 atom stereocenters. The van der Waals surface area contributed by atoms with E-state index in [1.807, 2.05) is 0 Å². The molecule has 0 aliphatic carbocycles. The first-order valence-corrected chi connectivity index (χ1v) is 9.26. The normalized spacial score (nSPS) is 12.1. The van der Waals surface area contributed by atoms with Gasteiger partial charge in [0.25, 0.3) is 0 Å². The van der Waals surface area contributed by atoms with Crippen LogP contribution in [-0.2, 0) is 19.6 Å². The first-order valence-electron chi connectivity index (χ1n) is 7.42. The van der Waals surface area contributed by atoms with E-state index in [0.29, 0.717) is 5.69 Å². The second-order valence-electron chi connectivity index (χ2n) is 6.34. The zero-order chi connectivity index (χ0) is 18.5. The lowest BCUT2D eigenvalue weighted by Crippen LogP contribution is -2.46. The van der Waals surface area contributed by atoms with Crippen LogP contribution in [0.3, 0.4) is 0 Å². The van der Waals surface area contributed by atoms with Crippen molar-refractivity contribution in [3.05, 3.63) is 29.8 Å². The standard InChI is InChI=1S/C16H24N2O5S/c1-16(2,3)18(24(5,21)22)11-10-14(19)17-13-9-7-6-8-12(13)15(20)23-4/h6-9H,10-11H2,1-5H3,(H,17,19). The van der Waals surface area contributed by atoms with Gasteiger partial charge in [0, 0.05) is 18.5 Å². The van der Waals surface area contributed by atoms with Crippen LogP contribution in [0.1, 0.15) is 37.6 Å². The molecule has 0 fully saturated rings. The Bertz CT molecular complexity index is 707. The lowest BCUT2D eigenvalue weighted by atomic mass is 10.1. The van der Waals surface area contributed by atoms with Gasteiger partial charge in [0.15, 0.2) is 0 Å². The molecule has 7 nitrogen and oxygen atoms in total. The highest BCUT2D eigenvalue weighted by Crippen LogP contribution is 2.19. The molecule has 0 saturated carbocycles. The van der Waals surface area contributed by atoms with Gasteiger partial charge in [0.1, 0.15) is 0 Å². The fourth-order valence-corrected chi connectivity index (χ4v) is 3.71. The molecule has 0 radical (unpaired) electrons. The zero-order valence-corrected chi connectivity index (χ0v) is 15.4. The largest absolute Gasteiger partial charge is 0.465 e. The first kappa shape index (κ1) is 20.1. The maximum Gasteiger partial charge on any atom is 0.339 e. The molecule has 1 N–H and O–H groups in total. The highest BCUT2D eigenvalue weighted by molar-refractivity contribution is 7.88. The molecule has 0 heterocycles. The summed E-state index contributed by atoms with van der Waals surface area (Å²) in [4.78, 5) is 23.8. The number of para-hydroxylation sites is 1. The molecular weight excluding hydrogens is 332 g/mol. The van der Waals surface area contributed by atoms with Crippen molar-refractivity contribution in [3.8, 4) is 0 Å². The van der Waals surface area contributed by atoms with Crippen LogP contribution < -0.4 is 5.32 Å². The summed E-state index contributed by atoms with van der Waals surface area (Å²) in [7, 11) is -2.18. The molecule has 0 aliphatic heterocycles. The molecule has 0 aliphatic rings. The summed E-state index contributed by atoms with van der Waals surface area (Å²) < 4.78 is 29.7. The maximum absolute atomic E-state index is 12.1. The Labute approximate surface area is 143 Å². The summed E-state index contributed by atoms with van der Waals surface area (Å²) in [5.41, 5.74) is -0.0576. The van der Waals surface area contributed by atoms with E-state index in [4.69, 9.17) is 0 Å². The van der Waals surface area contributed by atoms with Gasteiger partial charge in [0.2, 0.25) is 15.9 Å². The molecule has 24 heavy (non-hydrogen) atoms. The Kier molecular flexibility index (Phi) is 6.50. The zero-order valence-electron chi connectivity index (χ0n) is 14.6. The number of sulfonamides is 1. The predicted molar refractivity (Wildman–Crippen MR) is 92.3 cm³/mol. The summed E-state index contributed by atoms with van der Waals surface area (Å²) >= 11 is 0. The van der Waals surface area contributed by atoms with E-state index in [1.54, 1.807) is 45.0 Å². The summed E-state index contributed by atoms with van der Waals surface area (Å²) in [6, 6.07) is 6.47. The molecule has 1 amide bonds. The number of nitrogens with one attached hydrogen (secondary N) is 1. The van der Waals surface area contributed by atoms with Crippen molar-refractivity contribution in [2.24, 2.45) is 0 Å². The van der Waals surface area contributed by atoms with Crippen LogP contribution >= 0.6 is 0 Å². The monoisotopic (exact) mass is 356 g/mol. The summed E-state index contributed by atoms with van der Waals surface area (Å²) in [6.07, 6.45) is 1.09. The van der Waals surface area contributed by atoms with Gasteiger partial charge < -0.3 is 10.1 Å². The average molecular weight is 356 g/mol. The smallest absolute Gasteiger partial charge is 0.339 e. The minimum atomic E-state index is -3.44. The lowest BCUT2D eigenvalue weighted by Gasteiger charge is -2.33. The predicted octanol–water partition coefficient (Wildman–Crippen LogP) is 1.86. The molecule has 134 valence electrons. The summed E-state index contributed by atoms with van der Waals surface area (Å²) in [6.45, 7) is 5.34. The maximum atomic E-state index is 12.1. The van der Waals surface area contributed by atoms with Crippen LogP contribution in [0.5, 0.6) is 0 Å². The minimum Gasteiger partial charge on any atom is -0.465 e. The number of benzene rings is 1. The van der Waals surface area contributed by atoms with Crippen molar-refractivity contribution in [2.45, 2.75) is 32.7 Å². The lowest BCUT2D eigenvalue weighted by molar-refractivity contribution is -0.116. The van der Waals surface area contributed by atoms with Crippen molar-refractivity contribution in [1.82, 2.24) is 4.31 Å². The third kappa shape index (κ3) is 5.61. The van der Waals surface area contributed by atoms with Crippen LogP contribution in [-0.4, -0.2) is 50.0 Å². The number of amides is 1. The van der Waals surface area contributed by atoms with E-state index in [9.17, 15) is 18.0 Å². The Morgan fingerprint density at radius 2 is 1.79 bits per heavy atom. The number of methoxy groups -OCH3 is 1. The van der Waals surface area contributed by atoms with Gasteiger partial charge >= 0.3 is 5.97 Å². The van der Waals surface area contributed by atoms with E-state index < -0.39 is 21.5 Å². The second kappa shape index (κ2) is 7.76. The summed E-state index contributed by atoms with van der Waals surface area (Å²) in [5, 5.41) is 2.62. The van der Waals surface area contributed by atoms with Crippen molar-refractivity contribution in [3.63, 3.8) is 0 Å². The first-order chi connectivity index (χ1) is 11.0. The average Bonchev–Trinajstić information content (AvgIpc) is 2.44. The van der Waals surface area contributed by atoms with Crippen LogP contribution in [0.4, 0.5) is 5.69 Å². The number of esters is 1. The molecular formula is C16H24N2O5S. The van der Waals surface area contributed by atoms with Crippen molar-refractivity contribution in [1.29, 1.82) is 0 Å². The molecule has 1 rings (SSSR count). The van der Waals surface area contributed by atoms with Crippen LogP contribution in [0.25, 0.3) is 0 Å². The molecule has 0 bridgehead atoms. The van der Waals surface area contributed by atoms with E-state index in [2.05, 4.69) is 10.1 Å². The van der Waals surface area contributed by atoms with Crippen molar-refractivity contribution >= 4 is 27.6 Å². The number of hydrogen-bond acceptors (Lipinski definition) is 5. The van der Waals surface area contributed by atoms with Crippen molar-refractivity contribution < 1.29 is 22.7 Å². The Hall–Kier alpha value is -1.93. The minimum absolute atomic E-state index is 0.0279. The molecule has 0 unspecified atom stereocenters. The Balaban J connectivity index is 2.83. The number of rotatable bonds is 6. The van der Waals surface area contributed by atoms with Gasteiger partial charge in [0.05, 0.1) is 24.6 Å². The van der Waals surface area contributed by atoms with E-state index in [0.717, 1.165) is 6.26 Å². The van der Waals surface area contributed by atoms with Gasteiger partial charge in [-0.1, -0.05) is 12.1 Å². The van der Waals surface area contributed by atoms with Crippen LogP contribution in [0.15, 0.2) is 24.3 Å². The number of anilines is 1. The summed E-state index contributed by atoms with van der Waals surface area (Å²) in [5.74, 6) is -0.942. The van der Waals surface area contributed by atoms with Gasteiger partial charge in [-0.05, 0) is 32.9 Å². The molecule has 0 aromatic heterocycles. The van der Waals surface area contributed by atoms with Crippen LogP contribution in [0, 0.1) is 0 Å². The molecule has 8 heteroatoms. The van der Waals surface area contributed by atoms with Gasteiger partial charge in [-0.15, -0.1) is 0 Å². The highest BCUT2D eigenvalue weighted by Gasteiger charge is 2.29. The SMILES string of the molecule is COC(=O)c1ccccc1NC(=O)CCN(C(C)(C)C)S(C)(=O)=O. The van der Waals surface area contributed by atoms with E-state index >= 15 is 0 Å². The van der Waals surface area contributed by atoms with Crippen LogP contribution in [0.2, 0.25) is 0 Å². The Morgan fingerprint density at radius 1 is 1.21 bits per heavy atom. The highest BCUT2D eigenvalue weighted by atomic mass is 32.2. The number of hydrogen-bond donors (Lipinski definition) is 1. The fraction of sp³-hybridized carbons (Fsp3) is 0.500. The van der Waals surface area contributed by atoms with E-state index in [1.165, 1.54) is 11.4 Å². The second-order valence-corrected chi connectivity index (χ2v) is 8.25. The van der Waals surface area contributed by atoms with Gasteiger partial charge in [-0.25, -0.2) is 13.2 Å².